The number of alkyl halides is 2. The quantitative estimate of drug-likeness (QED) is 0.942. The van der Waals surface area contributed by atoms with Gasteiger partial charge in [0.15, 0.2) is 5.82 Å². The van der Waals surface area contributed by atoms with Crippen LogP contribution in [0.3, 0.4) is 0 Å². The van der Waals surface area contributed by atoms with Crippen molar-refractivity contribution in [2.45, 2.75) is 13.3 Å². The third-order valence-corrected chi connectivity index (χ3v) is 2.74. The molecule has 0 unspecified atom stereocenters. The number of aryl methyl sites for hydroxylation is 1. The molecule has 0 spiro atoms. The maximum absolute atomic E-state index is 12.8. The van der Waals surface area contributed by atoms with Crippen LogP contribution in [-0.4, -0.2) is 25.8 Å². The van der Waals surface area contributed by atoms with E-state index >= 15 is 0 Å². The van der Waals surface area contributed by atoms with Gasteiger partial charge in [0.2, 0.25) is 0 Å². The van der Waals surface area contributed by atoms with Crippen molar-refractivity contribution in [3.8, 4) is 5.82 Å². The Morgan fingerprint density at radius 2 is 2.21 bits per heavy atom. The van der Waals surface area contributed by atoms with Gasteiger partial charge in [-0.25, -0.2) is 23.2 Å². The van der Waals surface area contributed by atoms with Crippen molar-refractivity contribution in [2.24, 2.45) is 0 Å². The zero-order valence-corrected chi connectivity index (χ0v) is 10.4. The largest absolute Gasteiger partial charge is 0.478 e. The highest BCUT2D eigenvalue weighted by Crippen LogP contribution is 2.29. The van der Waals surface area contributed by atoms with Crippen LogP contribution < -0.4 is 0 Å². The topological polar surface area (TPSA) is 68.0 Å². The fraction of sp³-hybridized carbons (Fsp3) is 0.182. The summed E-state index contributed by atoms with van der Waals surface area (Å²) >= 11 is 5.80. The van der Waals surface area contributed by atoms with E-state index in [1.54, 1.807) is 19.1 Å². The second-order valence-electron chi connectivity index (χ2n) is 3.76. The van der Waals surface area contributed by atoms with E-state index in [0.717, 1.165) is 10.2 Å². The van der Waals surface area contributed by atoms with E-state index in [1.807, 2.05) is 0 Å². The number of nitrogens with zero attached hydrogens (tertiary/aromatic N) is 3. The Balaban J connectivity index is 2.66. The van der Waals surface area contributed by atoms with Gasteiger partial charge in [-0.3, -0.25) is 0 Å². The second kappa shape index (κ2) is 4.93. The first kappa shape index (κ1) is 13.4. The van der Waals surface area contributed by atoms with Crippen LogP contribution in [0.15, 0.2) is 18.3 Å². The first-order valence-electron chi connectivity index (χ1n) is 5.14. The van der Waals surface area contributed by atoms with Crippen molar-refractivity contribution in [1.29, 1.82) is 0 Å². The van der Waals surface area contributed by atoms with Gasteiger partial charge in [-0.2, -0.15) is 5.10 Å². The Kier molecular flexibility index (Phi) is 3.48. The van der Waals surface area contributed by atoms with E-state index in [9.17, 15) is 13.6 Å². The molecular weight excluding hydrogens is 280 g/mol. The van der Waals surface area contributed by atoms with Gasteiger partial charge in [0.05, 0.1) is 0 Å². The Bertz CT molecular complexity index is 643. The van der Waals surface area contributed by atoms with Crippen LogP contribution in [0.4, 0.5) is 8.78 Å². The lowest BCUT2D eigenvalue weighted by Crippen LogP contribution is -2.01. The highest BCUT2D eigenvalue weighted by atomic mass is 35.5. The fourth-order valence-electron chi connectivity index (χ4n) is 1.55. The molecule has 0 aliphatic heterocycles. The molecule has 2 aromatic rings. The normalized spacial score (nSPS) is 11.0. The van der Waals surface area contributed by atoms with Gasteiger partial charge in [-0.1, -0.05) is 11.6 Å². The highest BCUT2D eigenvalue weighted by Gasteiger charge is 2.28. The number of halogens is 3. The van der Waals surface area contributed by atoms with Crippen LogP contribution in [-0.2, 0) is 0 Å². The van der Waals surface area contributed by atoms with Gasteiger partial charge in [0.1, 0.15) is 16.4 Å². The monoisotopic (exact) mass is 287 g/mol. The summed E-state index contributed by atoms with van der Waals surface area (Å²) in [6.07, 6.45) is -1.58. The van der Waals surface area contributed by atoms with E-state index in [1.165, 1.54) is 6.20 Å². The van der Waals surface area contributed by atoms with Gasteiger partial charge in [-0.05, 0) is 24.6 Å². The Hall–Kier alpha value is -2.02. The van der Waals surface area contributed by atoms with E-state index in [-0.39, 0.29) is 5.82 Å². The van der Waals surface area contributed by atoms with Gasteiger partial charge in [0.25, 0.3) is 6.43 Å². The van der Waals surface area contributed by atoms with Crippen molar-refractivity contribution in [1.82, 2.24) is 14.8 Å². The minimum atomic E-state index is -3.03. The molecule has 0 fully saturated rings. The molecule has 0 aliphatic carbocycles. The lowest BCUT2D eigenvalue weighted by Gasteiger charge is -2.02. The molecule has 0 saturated carbocycles. The smallest absolute Gasteiger partial charge is 0.341 e. The Labute approximate surface area is 111 Å². The molecule has 2 rings (SSSR count). The van der Waals surface area contributed by atoms with Crippen LogP contribution in [0.2, 0.25) is 5.15 Å². The van der Waals surface area contributed by atoms with Crippen molar-refractivity contribution in [3.05, 3.63) is 40.3 Å². The number of rotatable bonds is 3. The van der Waals surface area contributed by atoms with Crippen LogP contribution in [0.1, 0.15) is 28.0 Å². The number of aromatic carboxylic acids is 1. The lowest BCUT2D eigenvalue weighted by molar-refractivity contribution is 0.0684. The van der Waals surface area contributed by atoms with Gasteiger partial charge in [0, 0.05) is 6.20 Å². The molecule has 0 aromatic carbocycles. The average Bonchev–Trinajstić information content (AvgIpc) is 2.67. The molecule has 0 radical (unpaired) electrons. The summed E-state index contributed by atoms with van der Waals surface area (Å²) in [4.78, 5) is 14.9. The van der Waals surface area contributed by atoms with Crippen molar-refractivity contribution >= 4 is 17.6 Å². The second-order valence-corrected chi connectivity index (χ2v) is 4.12. The van der Waals surface area contributed by atoms with E-state index in [2.05, 4.69) is 10.1 Å². The standard InChI is InChI=1S/C11H8ClF2N3O2/c1-5-2-3-15-6(4-5)17-9(12)7(11(18)19)8(16-17)10(13)14/h2-4,10H,1H3,(H,18,19). The van der Waals surface area contributed by atoms with Crippen LogP contribution in [0.25, 0.3) is 5.82 Å². The summed E-state index contributed by atoms with van der Waals surface area (Å²) in [6.45, 7) is 1.77. The molecule has 100 valence electrons. The number of carboxylic acid groups (broad SMARTS) is 1. The number of hydrogen-bond donors (Lipinski definition) is 1. The Morgan fingerprint density at radius 1 is 1.53 bits per heavy atom. The summed E-state index contributed by atoms with van der Waals surface area (Å²) in [5.74, 6) is -1.38. The molecular formula is C11H8ClF2N3O2. The summed E-state index contributed by atoms with van der Waals surface area (Å²) in [7, 11) is 0. The predicted octanol–water partition coefficient (Wildman–Crippen LogP) is 2.86. The maximum atomic E-state index is 12.8. The van der Waals surface area contributed by atoms with Crippen molar-refractivity contribution < 1.29 is 18.7 Å². The average molecular weight is 288 g/mol. The molecule has 0 amide bonds. The molecule has 0 saturated heterocycles. The van der Waals surface area contributed by atoms with E-state index < -0.39 is 28.8 Å². The van der Waals surface area contributed by atoms with Crippen LogP contribution in [0, 0.1) is 6.92 Å². The number of pyridine rings is 1. The van der Waals surface area contributed by atoms with E-state index in [0.29, 0.717) is 0 Å². The molecule has 19 heavy (non-hydrogen) atoms. The molecule has 1 N–H and O–H groups in total. The van der Waals surface area contributed by atoms with Crippen LogP contribution >= 0.6 is 11.6 Å². The zero-order valence-electron chi connectivity index (χ0n) is 9.64. The number of hydrogen-bond acceptors (Lipinski definition) is 3. The number of carbonyl (C=O) groups is 1. The molecule has 2 aromatic heterocycles. The van der Waals surface area contributed by atoms with Crippen LogP contribution in [0.5, 0.6) is 0 Å². The summed E-state index contributed by atoms with van der Waals surface area (Å²) < 4.78 is 26.4. The first-order chi connectivity index (χ1) is 8.91. The fourth-order valence-corrected chi connectivity index (χ4v) is 1.85. The minimum Gasteiger partial charge on any atom is -0.478 e. The maximum Gasteiger partial charge on any atom is 0.341 e. The van der Waals surface area contributed by atoms with Gasteiger partial charge < -0.3 is 5.11 Å². The number of aromatic nitrogens is 3. The third-order valence-electron chi connectivity index (χ3n) is 2.39. The molecule has 0 atom stereocenters. The molecule has 0 bridgehead atoms. The van der Waals surface area contributed by atoms with Gasteiger partial charge in [-0.15, -0.1) is 0 Å². The molecule has 5 nitrogen and oxygen atoms in total. The van der Waals surface area contributed by atoms with Crippen molar-refractivity contribution in [2.75, 3.05) is 0 Å². The zero-order chi connectivity index (χ0) is 14.2. The van der Waals surface area contributed by atoms with Gasteiger partial charge >= 0.3 is 5.97 Å². The summed E-state index contributed by atoms with van der Waals surface area (Å²) in [6, 6.07) is 3.26. The summed E-state index contributed by atoms with van der Waals surface area (Å²) in [5.41, 5.74) is -0.771. The Morgan fingerprint density at radius 3 is 2.68 bits per heavy atom. The third kappa shape index (κ3) is 2.41. The first-order valence-corrected chi connectivity index (χ1v) is 5.52. The van der Waals surface area contributed by atoms with Crippen molar-refractivity contribution in [3.63, 3.8) is 0 Å². The SMILES string of the molecule is Cc1ccnc(-n2nc(C(F)F)c(C(=O)O)c2Cl)c1. The highest BCUT2D eigenvalue weighted by molar-refractivity contribution is 6.32. The molecule has 8 heteroatoms. The minimum absolute atomic E-state index is 0.180. The number of carboxylic acids is 1. The molecule has 0 aliphatic rings. The molecule has 2 heterocycles. The van der Waals surface area contributed by atoms with E-state index in [4.69, 9.17) is 16.7 Å². The summed E-state index contributed by atoms with van der Waals surface area (Å²) in [5, 5.41) is 12.0. The predicted molar refractivity (Wildman–Crippen MR) is 63.0 cm³/mol. The lowest BCUT2D eigenvalue weighted by atomic mass is 10.2.